The molecule has 114 valence electrons. The van der Waals surface area contributed by atoms with Gasteiger partial charge in [-0.05, 0) is 13.8 Å². The first-order valence-electron chi connectivity index (χ1n) is 5.97. The van der Waals surface area contributed by atoms with Crippen LogP contribution in [-0.2, 0) is 20.7 Å². The monoisotopic (exact) mass is 296 g/mol. The van der Waals surface area contributed by atoms with E-state index in [2.05, 4.69) is 14.9 Å². The van der Waals surface area contributed by atoms with Crippen molar-refractivity contribution in [1.29, 1.82) is 0 Å². The van der Waals surface area contributed by atoms with Crippen molar-refractivity contribution in [3.05, 3.63) is 11.7 Å². The Kier molecular flexibility index (Phi) is 5.93. The van der Waals surface area contributed by atoms with Gasteiger partial charge in [-0.1, -0.05) is 5.16 Å². The van der Waals surface area contributed by atoms with Crippen molar-refractivity contribution in [2.75, 3.05) is 19.8 Å². The molecular weight excluding hydrogens is 281 g/mol. The number of hydrogen-bond acceptors (Lipinski definition) is 6. The van der Waals surface area contributed by atoms with Crippen LogP contribution < -0.4 is 0 Å². The molecule has 1 atom stereocenters. The number of esters is 1. The van der Waals surface area contributed by atoms with Crippen LogP contribution in [0.1, 0.15) is 31.5 Å². The normalized spacial score (nSPS) is 13.2. The fraction of sp³-hybridized carbons (Fsp3) is 0.727. The number of rotatable bonds is 7. The lowest BCUT2D eigenvalue weighted by Gasteiger charge is -2.05. The summed E-state index contributed by atoms with van der Waals surface area (Å²) in [4.78, 5) is 15.3. The average molecular weight is 296 g/mol. The van der Waals surface area contributed by atoms with Crippen molar-refractivity contribution in [3.8, 4) is 0 Å². The van der Waals surface area contributed by atoms with Gasteiger partial charge in [0, 0.05) is 6.42 Å². The minimum atomic E-state index is -4.36. The number of nitrogens with zero attached hydrogens (tertiary/aromatic N) is 2. The topological polar surface area (TPSA) is 74.5 Å². The molecule has 0 radical (unpaired) electrons. The highest BCUT2D eigenvalue weighted by molar-refractivity contribution is 5.76. The van der Waals surface area contributed by atoms with E-state index in [9.17, 15) is 18.0 Å². The SMILES string of the molecule is CCOC(=O)C(C)c1nc(CCOCC(F)(F)F)no1. The molecule has 0 fully saturated rings. The fourth-order valence-corrected chi connectivity index (χ4v) is 1.26. The van der Waals surface area contributed by atoms with E-state index in [-0.39, 0.29) is 31.3 Å². The Morgan fingerprint density at radius 1 is 1.45 bits per heavy atom. The van der Waals surface area contributed by atoms with Crippen LogP contribution in [0.4, 0.5) is 13.2 Å². The van der Waals surface area contributed by atoms with Gasteiger partial charge in [-0.3, -0.25) is 4.79 Å². The van der Waals surface area contributed by atoms with E-state index in [1.807, 2.05) is 0 Å². The number of ether oxygens (including phenoxy) is 2. The highest BCUT2D eigenvalue weighted by atomic mass is 19.4. The standard InChI is InChI=1S/C11H15F3N2O4/c1-3-19-10(17)7(2)9-15-8(16-20-9)4-5-18-6-11(12,13)14/h7H,3-6H2,1-2H3. The Labute approximate surface area is 113 Å². The van der Waals surface area contributed by atoms with Crippen molar-refractivity contribution in [1.82, 2.24) is 10.1 Å². The van der Waals surface area contributed by atoms with E-state index in [4.69, 9.17) is 9.26 Å². The van der Waals surface area contributed by atoms with Crippen molar-refractivity contribution in [3.63, 3.8) is 0 Å². The Morgan fingerprint density at radius 2 is 2.15 bits per heavy atom. The summed E-state index contributed by atoms with van der Waals surface area (Å²) in [6.07, 6.45) is -4.30. The summed E-state index contributed by atoms with van der Waals surface area (Å²) in [6.45, 7) is 1.93. The third kappa shape index (κ3) is 5.55. The second kappa shape index (κ2) is 7.22. The first kappa shape index (κ1) is 16.4. The van der Waals surface area contributed by atoms with Crippen molar-refractivity contribution in [2.24, 2.45) is 0 Å². The van der Waals surface area contributed by atoms with E-state index in [1.165, 1.54) is 6.92 Å². The van der Waals surface area contributed by atoms with E-state index in [0.29, 0.717) is 0 Å². The number of carbonyl (C=O) groups excluding carboxylic acids is 1. The fourth-order valence-electron chi connectivity index (χ4n) is 1.26. The second-order valence-electron chi connectivity index (χ2n) is 3.94. The molecular formula is C11H15F3N2O4. The van der Waals surface area contributed by atoms with Gasteiger partial charge in [0.25, 0.3) is 0 Å². The minimum Gasteiger partial charge on any atom is -0.465 e. The Balaban J connectivity index is 2.41. The van der Waals surface area contributed by atoms with E-state index in [0.717, 1.165) is 0 Å². The molecule has 0 saturated heterocycles. The van der Waals surface area contributed by atoms with Gasteiger partial charge in [-0.15, -0.1) is 0 Å². The van der Waals surface area contributed by atoms with Crippen LogP contribution in [0.2, 0.25) is 0 Å². The van der Waals surface area contributed by atoms with Crippen LogP contribution in [-0.4, -0.2) is 42.1 Å². The molecule has 1 rings (SSSR count). The summed E-state index contributed by atoms with van der Waals surface area (Å²) in [5.41, 5.74) is 0. The number of aromatic nitrogens is 2. The summed E-state index contributed by atoms with van der Waals surface area (Å²) in [5.74, 6) is -0.976. The predicted molar refractivity (Wildman–Crippen MR) is 59.9 cm³/mol. The van der Waals surface area contributed by atoms with E-state index < -0.39 is 24.7 Å². The number of alkyl halides is 3. The number of halogens is 3. The molecule has 0 bridgehead atoms. The quantitative estimate of drug-likeness (QED) is 0.565. The van der Waals surface area contributed by atoms with Gasteiger partial charge in [0.2, 0.25) is 5.89 Å². The zero-order valence-corrected chi connectivity index (χ0v) is 11.1. The van der Waals surface area contributed by atoms with Gasteiger partial charge in [0.15, 0.2) is 5.82 Å². The second-order valence-corrected chi connectivity index (χ2v) is 3.94. The Bertz CT molecular complexity index is 434. The van der Waals surface area contributed by atoms with Gasteiger partial charge in [0.1, 0.15) is 12.5 Å². The molecule has 0 amide bonds. The number of hydrogen-bond donors (Lipinski definition) is 0. The summed E-state index contributed by atoms with van der Waals surface area (Å²) in [7, 11) is 0. The van der Waals surface area contributed by atoms with Crippen LogP contribution in [0.3, 0.4) is 0 Å². The molecule has 1 heterocycles. The predicted octanol–water partition coefficient (Wildman–Crippen LogP) is 1.86. The van der Waals surface area contributed by atoms with Crippen molar-refractivity contribution >= 4 is 5.97 Å². The maximum absolute atomic E-state index is 11.8. The van der Waals surface area contributed by atoms with Crippen LogP contribution >= 0.6 is 0 Å². The average Bonchev–Trinajstić information content (AvgIpc) is 2.81. The third-order valence-electron chi connectivity index (χ3n) is 2.23. The molecule has 1 aromatic rings. The lowest BCUT2D eigenvalue weighted by atomic mass is 10.2. The van der Waals surface area contributed by atoms with Gasteiger partial charge in [-0.2, -0.15) is 18.2 Å². The van der Waals surface area contributed by atoms with Gasteiger partial charge in [-0.25, -0.2) is 0 Å². The zero-order valence-electron chi connectivity index (χ0n) is 11.1. The largest absolute Gasteiger partial charge is 0.465 e. The minimum absolute atomic E-state index is 0.0641. The molecule has 0 saturated carbocycles. The molecule has 0 aliphatic carbocycles. The first-order valence-corrected chi connectivity index (χ1v) is 5.97. The molecule has 0 aromatic carbocycles. The summed E-state index contributed by atoms with van der Waals surface area (Å²) < 4.78 is 49.5. The Hall–Kier alpha value is -1.64. The summed E-state index contributed by atoms with van der Waals surface area (Å²) in [5, 5.41) is 3.56. The van der Waals surface area contributed by atoms with Crippen LogP contribution in [0.5, 0.6) is 0 Å². The maximum atomic E-state index is 11.8. The maximum Gasteiger partial charge on any atom is 0.411 e. The number of carbonyl (C=O) groups is 1. The molecule has 20 heavy (non-hydrogen) atoms. The molecule has 0 spiro atoms. The van der Waals surface area contributed by atoms with E-state index in [1.54, 1.807) is 6.92 Å². The van der Waals surface area contributed by atoms with Crippen LogP contribution in [0.15, 0.2) is 4.52 Å². The summed E-state index contributed by atoms with van der Waals surface area (Å²) >= 11 is 0. The lowest BCUT2D eigenvalue weighted by Crippen LogP contribution is -2.18. The Morgan fingerprint density at radius 3 is 2.75 bits per heavy atom. The van der Waals surface area contributed by atoms with Crippen molar-refractivity contribution in [2.45, 2.75) is 32.4 Å². The molecule has 9 heteroatoms. The molecule has 0 N–H and O–H groups in total. The third-order valence-corrected chi connectivity index (χ3v) is 2.23. The van der Waals surface area contributed by atoms with Crippen LogP contribution in [0, 0.1) is 0 Å². The molecule has 0 aliphatic heterocycles. The first-order chi connectivity index (χ1) is 9.33. The van der Waals surface area contributed by atoms with Crippen LogP contribution in [0.25, 0.3) is 0 Å². The van der Waals surface area contributed by atoms with E-state index >= 15 is 0 Å². The summed E-state index contributed by atoms with van der Waals surface area (Å²) in [6, 6.07) is 0. The van der Waals surface area contributed by atoms with Gasteiger partial charge in [0.05, 0.1) is 13.2 Å². The zero-order chi connectivity index (χ0) is 15.2. The molecule has 1 aromatic heterocycles. The van der Waals surface area contributed by atoms with Crippen molar-refractivity contribution < 1.29 is 32.0 Å². The van der Waals surface area contributed by atoms with Gasteiger partial charge < -0.3 is 14.0 Å². The van der Waals surface area contributed by atoms with Gasteiger partial charge >= 0.3 is 12.1 Å². The molecule has 1 unspecified atom stereocenters. The smallest absolute Gasteiger partial charge is 0.411 e. The highest BCUT2D eigenvalue weighted by Crippen LogP contribution is 2.16. The molecule has 0 aliphatic rings. The highest BCUT2D eigenvalue weighted by Gasteiger charge is 2.27. The molecule has 6 nitrogen and oxygen atoms in total. The lowest BCUT2D eigenvalue weighted by molar-refractivity contribution is -0.173.